The molecule has 0 saturated heterocycles. The molecule has 2 aromatic rings. The van der Waals surface area contributed by atoms with Crippen molar-refractivity contribution in [1.82, 2.24) is 15.2 Å². The Labute approximate surface area is 120 Å². The Balaban J connectivity index is 0.00000133. The lowest BCUT2D eigenvalue weighted by molar-refractivity contribution is 0.102. The van der Waals surface area contributed by atoms with Crippen molar-refractivity contribution in [3.63, 3.8) is 0 Å². The number of hydrogen-bond donors (Lipinski definition) is 3. The van der Waals surface area contributed by atoms with Crippen molar-refractivity contribution in [3.8, 4) is 0 Å². The monoisotopic (exact) mass is 299 g/mol. The summed E-state index contributed by atoms with van der Waals surface area (Å²) in [5.41, 5.74) is 7.42. The van der Waals surface area contributed by atoms with Crippen LogP contribution in [0.1, 0.15) is 27.5 Å². The van der Waals surface area contributed by atoms with E-state index in [1.165, 1.54) is 16.2 Å². The van der Waals surface area contributed by atoms with Gasteiger partial charge in [-0.3, -0.25) is 15.2 Å². The number of nitrogens with one attached hydrogen (secondary N) is 2. The van der Waals surface area contributed by atoms with Crippen LogP contribution in [0.3, 0.4) is 0 Å². The Morgan fingerprint density at radius 2 is 2.42 bits per heavy atom. The normalized spacial score (nSPS) is 17.4. The van der Waals surface area contributed by atoms with Gasteiger partial charge in [0.2, 0.25) is 0 Å². The van der Waals surface area contributed by atoms with E-state index in [1.54, 1.807) is 12.3 Å². The minimum absolute atomic E-state index is 0. The first kappa shape index (κ1) is 14.0. The second-order valence-corrected chi connectivity index (χ2v) is 5.40. The third-order valence-corrected chi connectivity index (χ3v) is 3.98. The van der Waals surface area contributed by atoms with E-state index in [-0.39, 0.29) is 24.4 Å². The molecular weight excluding hydrogens is 286 g/mol. The number of hydrogen-bond acceptors (Lipinski definition) is 5. The van der Waals surface area contributed by atoms with Crippen LogP contribution in [0.15, 0.2) is 12.3 Å². The first-order valence-electron chi connectivity index (χ1n) is 5.77. The third kappa shape index (κ3) is 2.94. The van der Waals surface area contributed by atoms with Crippen LogP contribution in [0.25, 0.3) is 0 Å². The van der Waals surface area contributed by atoms with Crippen LogP contribution in [0, 0.1) is 0 Å². The van der Waals surface area contributed by atoms with Gasteiger partial charge in [0.25, 0.3) is 5.91 Å². The Morgan fingerprint density at radius 3 is 3.16 bits per heavy atom. The molecule has 1 aliphatic carbocycles. The molecule has 0 bridgehead atoms. The minimum Gasteiger partial charge on any atom is -0.327 e. The molecular formula is C11H14ClN5OS. The maximum absolute atomic E-state index is 11.8. The lowest BCUT2D eigenvalue weighted by Crippen LogP contribution is -2.27. The van der Waals surface area contributed by atoms with E-state index >= 15 is 0 Å². The number of nitrogens with zero attached hydrogens (tertiary/aromatic N) is 2. The second-order valence-electron chi connectivity index (χ2n) is 4.32. The van der Waals surface area contributed by atoms with Crippen LogP contribution in [0.2, 0.25) is 0 Å². The molecule has 0 spiro atoms. The zero-order chi connectivity index (χ0) is 12.5. The second kappa shape index (κ2) is 5.68. The van der Waals surface area contributed by atoms with Crippen LogP contribution in [0.4, 0.5) is 5.13 Å². The molecule has 0 fully saturated rings. The summed E-state index contributed by atoms with van der Waals surface area (Å²) in [5.74, 6) is -0.220. The highest BCUT2D eigenvalue weighted by atomic mass is 35.5. The van der Waals surface area contributed by atoms with Gasteiger partial charge in [0.15, 0.2) is 5.13 Å². The molecule has 1 amide bonds. The maximum Gasteiger partial charge on any atom is 0.275 e. The van der Waals surface area contributed by atoms with E-state index < -0.39 is 0 Å². The largest absolute Gasteiger partial charge is 0.327 e. The molecule has 0 aromatic carbocycles. The Kier molecular flexibility index (Phi) is 4.18. The summed E-state index contributed by atoms with van der Waals surface area (Å²) >= 11 is 1.51. The summed E-state index contributed by atoms with van der Waals surface area (Å²) in [6.07, 6.45) is 4.26. The summed E-state index contributed by atoms with van der Waals surface area (Å²) in [6, 6.07) is 1.84. The van der Waals surface area contributed by atoms with Gasteiger partial charge >= 0.3 is 0 Å². The lowest BCUT2D eigenvalue weighted by Gasteiger charge is -2.15. The van der Waals surface area contributed by atoms with E-state index in [1.807, 2.05) is 0 Å². The molecule has 4 N–H and O–H groups in total. The van der Waals surface area contributed by atoms with E-state index in [9.17, 15) is 4.79 Å². The fourth-order valence-corrected chi connectivity index (χ4v) is 3.10. The van der Waals surface area contributed by atoms with Gasteiger partial charge in [-0.05, 0) is 25.3 Å². The summed E-state index contributed by atoms with van der Waals surface area (Å²) in [4.78, 5) is 17.4. The van der Waals surface area contributed by atoms with E-state index in [0.717, 1.165) is 25.0 Å². The lowest BCUT2D eigenvalue weighted by atomic mass is 9.99. The van der Waals surface area contributed by atoms with Crippen molar-refractivity contribution < 1.29 is 4.79 Å². The van der Waals surface area contributed by atoms with Crippen molar-refractivity contribution in [3.05, 3.63) is 28.5 Å². The van der Waals surface area contributed by atoms with Crippen LogP contribution >= 0.6 is 23.7 Å². The maximum atomic E-state index is 11.8. The number of carbonyl (C=O) groups is 1. The standard InChI is InChI=1S/C11H13N5OS.ClH/c12-6-1-2-7-9(5-6)18-11(14-7)15-10(17)8-3-4-13-16-8;/h3-4,6H,1-2,5,12H2,(H,13,16)(H,14,15,17);1H/t6-;/m0./s1. The zero-order valence-corrected chi connectivity index (χ0v) is 11.7. The van der Waals surface area contributed by atoms with Crippen molar-refractivity contribution >= 4 is 34.8 Å². The fraction of sp³-hybridized carbons (Fsp3) is 0.364. The number of anilines is 1. The predicted octanol–water partition coefficient (Wildman–Crippen LogP) is 1.36. The average Bonchev–Trinajstić information content (AvgIpc) is 2.95. The first-order valence-corrected chi connectivity index (χ1v) is 6.59. The number of thiazole rings is 1. The van der Waals surface area contributed by atoms with Gasteiger partial charge in [-0.1, -0.05) is 0 Å². The van der Waals surface area contributed by atoms with Gasteiger partial charge in [-0.25, -0.2) is 4.98 Å². The first-order chi connectivity index (χ1) is 8.72. The topological polar surface area (TPSA) is 96.7 Å². The van der Waals surface area contributed by atoms with Crippen molar-refractivity contribution in [1.29, 1.82) is 0 Å². The highest BCUT2D eigenvalue weighted by molar-refractivity contribution is 7.15. The molecule has 0 radical (unpaired) electrons. The van der Waals surface area contributed by atoms with E-state index in [0.29, 0.717) is 10.8 Å². The minimum atomic E-state index is -0.220. The Morgan fingerprint density at radius 1 is 1.58 bits per heavy atom. The molecule has 0 aliphatic heterocycles. The third-order valence-electron chi connectivity index (χ3n) is 2.94. The number of halogens is 1. The SMILES string of the molecule is Cl.N[C@H]1CCc2nc(NC(=O)c3ccn[nH]3)sc2C1. The molecule has 2 aromatic heterocycles. The van der Waals surface area contributed by atoms with Crippen LogP contribution in [-0.2, 0) is 12.8 Å². The summed E-state index contributed by atoms with van der Waals surface area (Å²) in [6.45, 7) is 0. The van der Waals surface area contributed by atoms with Crippen molar-refractivity contribution in [2.75, 3.05) is 5.32 Å². The van der Waals surface area contributed by atoms with Gasteiger partial charge in [-0.15, -0.1) is 23.7 Å². The van der Waals surface area contributed by atoms with Crippen molar-refractivity contribution in [2.45, 2.75) is 25.3 Å². The molecule has 6 nitrogen and oxygen atoms in total. The quantitative estimate of drug-likeness (QED) is 0.780. The van der Waals surface area contributed by atoms with Gasteiger partial charge in [0.05, 0.1) is 5.69 Å². The molecule has 2 heterocycles. The molecule has 8 heteroatoms. The number of aromatic amines is 1. The molecule has 102 valence electrons. The zero-order valence-electron chi connectivity index (χ0n) is 10.0. The molecule has 0 saturated carbocycles. The molecule has 19 heavy (non-hydrogen) atoms. The number of aromatic nitrogens is 3. The Hall–Kier alpha value is -1.44. The number of nitrogens with two attached hydrogens (primary N) is 1. The van der Waals surface area contributed by atoms with Crippen LogP contribution in [-0.4, -0.2) is 27.1 Å². The van der Waals surface area contributed by atoms with Crippen LogP contribution in [0.5, 0.6) is 0 Å². The van der Waals surface area contributed by atoms with E-state index in [2.05, 4.69) is 20.5 Å². The van der Waals surface area contributed by atoms with E-state index in [4.69, 9.17) is 5.73 Å². The summed E-state index contributed by atoms with van der Waals surface area (Å²) in [7, 11) is 0. The number of H-pyrrole nitrogens is 1. The van der Waals surface area contributed by atoms with Gasteiger partial charge in [0.1, 0.15) is 5.69 Å². The smallest absolute Gasteiger partial charge is 0.275 e. The highest BCUT2D eigenvalue weighted by Gasteiger charge is 2.21. The van der Waals surface area contributed by atoms with Gasteiger partial charge in [-0.2, -0.15) is 5.10 Å². The summed E-state index contributed by atoms with van der Waals surface area (Å²) < 4.78 is 0. The van der Waals surface area contributed by atoms with Crippen molar-refractivity contribution in [2.24, 2.45) is 5.73 Å². The van der Waals surface area contributed by atoms with Gasteiger partial charge < -0.3 is 5.73 Å². The Bertz CT molecular complexity index is 568. The number of rotatable bonds is 2. The van der Waals surface area contributed by atoms with Gasteiger partial charge in [0, 0.05) is 17.1 Å². The number of carbonyl (C=O) groups excluding carboxylic acids is 1. The molecule has 0 unspecified atom stereocenters. The average molecular weight is 300 g/mol. The predicted molar refractivity (Wildman–Crippen MR) is 75.9 cm³/mol. The molecule has 1 atom stereocenters. The number of amides is 1. The number of aryl methyl sites for hydroxylation is 1. The van der Waals surface area contributed by atoms with Crippen LogP contribution < -0.4 is 11.1 Å². The highest BCUT2D eigenvalue weighted by Crippen LogP contribution is 2.29. The molecule has 1 aliphatic rings. The fourth-order valence-electron chi connectivity index (χ4n) is 2.00. The number of fused-ring (bicyclic) bond motifs is 1. The molecule has 3 rings (SSSR count). The summed E-state index contributed by atoms with van der Waals surface area (Å²) in [5, 5.41) is 9.77.